The lowest BCUT2D eigenvalue weighted by Crippen LogP contribution is -2.47. The zero-order chi connectivity index (χ0) is 18.1. The van der Waals surface area contributed by atoms with Gasteiger partial charge in [0.05, 0.1) is 22.9 Å². The molecule has 1 fully saturated rings. The van der Waals surface area contributed by atoms with Crippen LogP contribution in [-0.2, 0) is 0 Å². The molecule has 3 nitrogen and oxygen atoms in total. The number of benzene rings is 2. The third kappa shape index (κ3) is 3.59. The van der Waals surface area contributed by atoms with E-state index in [-0.39, 0.29) is 18.0 Å². The SMILES string of the molecule is O[C@H]([C@@H]1CCCCN1)[C@H]1C[C@H](c2ccccc2)Nc2c(Cl)cc(Cl)cc21. The lowest BCUT2D eigenvalue weighted by Gasteiger charge is -2.40. The monoisotopic (exact) mass is 390 g/mol. The van der Waals surface area contributed by atoms with Crippen LogP contribution in [-0.4, -0.2) is 23.8 Å². The summed E-state index contributed by atoms with van der Waals surface area (Å²) >= 11 is 12.8. The van der Waals surface area contributed by atoms with Crippen molar-refractivity contribution in [1.29, 1.82) is 0 Å². The van der Waals surface area contributed by atoms with E-state index >= 15 is 0 Å². The first kappa shape index (κ1) is 18.1. The minimum absolute atomic E-state index is 0.0109. The predicted octanol–water partition coefficient (Wildman–Crippen LogP) is 5.14. The Labute approximate surface area is 164 Å². The fraction of sp³-hybridized carbons (Fsp3) is 0.429. The number of piperidine rings is 1. The van der Waals surface area contributed by atoms with Gasteiger partial charge in [-0.05, 0) is 49.1 Å². The van der Waals surface area contributed by atoms with Gasteiger partial charge in [0.2, 0.25) is 0 Å². The molecule has 0 aromatic heterocycles. The molecule has 26 heavy (non-hydrogen) atoms. The molecule has 138 valence electrons. The first-order valence-electron chi connectivity index (χ1n) is 9.35. The summed E-state index contributed by atoms with van der Waals surface area (Å²) in [6.45, 7) is 0.970. The van der Waals surface area contributed by atoms with Gasteiger partial charge in [0, 0.05) is 17.0 Å². The van der Waals surface area contributed by atoms with Gasteiger partial charge >= 0.3 is 0 Å². The average molecular weight is 391 g/mol. The summed E-state index contributed by atoms with van der Waals surface area (Å²) in [4.78, 5) is 0. The van der Waals surface area contributed by atoms with Gasteiger partial charge in [0.1, 0.15) is 0 Å². The molecule has 0 unspecified atom stereocenters. The second-order valence-electron chi connectivity index (χ2n) is 7.35. The molecule has 2 aliphatic heterocycles. The van der Waals surface area contributed by atoms with Crippen LogP contribution in [0.1, 0.15) is 48.8 Å². The molecule has 2 aliphatic rings. The van der Waals surface area contributed by atoms with Crippen LogP contribution in [0, 0.1) is 0 Å². The zero-order valence-electron chi connectivity index (χ0n) is 14.6. The van der Waals surface area contributed by atoms with Gasteiger partial charge in [-0.3, -0.25) is 0 Å². The van der Waals surface area contributed by atoms with Gasteiger partial charge in [0.25, 0.3) is 0 Å². The summed E-state index contributed by atoms with van der Waals surface area (Å²) in [5.41, 5.74) is 3.13. The predicted molar refractivity (Wildman–Crippen MR) is 108 cm³/mol. The number of aliphatic hydroxyl groups excluding tert-OH is 1. The van der Waals surface area contributed by atoms with Crippen LogP contribution in [0.4, 0.5) is 5.69 Å². The highest BCUT2D eigenvalue weighted by Gasteiger charge is 2.37. The van der Waals surface area contributed by atoms with E-state index < -0.39 is 6.10 Å². The number of anilines is 1. The van der Waals surface area contributed by atoms with Crippen molar-refractivity contribution in [1.82, 2.24) is 5.32 Å². The molecule has 4 rings (SSSR count). The fourth-order valence-electron chi connectivity index (χ4n) is 4.33. The van der Waals surface area contributed by atoms with E-state index in [2.05, 4.69) is 22.8 Å². The maximum absolute atomic E-state index is 11.2. The van der Waals surface area contributed by atoms with Crippen LogP contribution in [0.2, 0.25) is 10.0 Å². The number of halogens is 2. The van der Waals surface area contributed by atoms with Gasteiger partial charge in [-0.1, -0.05) is 60.0 Å². The Hall–Kier alpha value is -1.26. The van der Waals surface area contributed by atoms with E-state index in [9.17, 15) is 5.11 Å². The number of aliphatic hydroxyl groups is 1. The molecule has 4 atom stereocenters. The maximum Gasteiger partial charge on any atom is 0.0763 e. The van der Waals surface area contributed by atoms with Crippen molar-refractivity contribution < 1.29 is 5.11 Å². The van der Waals surface area contributed by atoms with Crippen LogP contribution in [0.5, 0.6) is 0 Å². The normalized spacial score (nSPS) is 26.7. The Morgan fingerprint density at radius 1 is 1.08 bits per heavy atom. The number of fused-ring (bicyclic) bond motifs is 1. The third-order valence-corrected chi connectivity index (χ3v) is 6.18. The number of nitrogens with one attached hydrogen (secondary N) is 2. The van der Waals surface area contributed by atoms with Crippen LogP contribution in [0.25, 0.3) is 0 Å². The van der Waals surface area contributed by atoms with Crippen molar-refractivity contribution in [3.05, 3.63) is 63.6 Å². The van der Waals surface area contributed by atoms with Crippen LogP contribution in [0.15, 0.2) is 42.5 Å². The Morgan fingerprint density at radius 3 is 2.62 bits per heavy atom. The van der Waals surface area contributed by atoms with Crippen molar-refractivity contribution in [2.24, 2.45) is 0 Å². The van der Waals surface area contributed by atoms with E-state index in [1.807, 2.05) is 24.3 Å². The molecular weight excluding hydrogens is 367 g/mol. The standard InChI is InChI=1S/C21H24Cl2N2O/c22-14-10-15-16(21(26)18-8-4-5-9-24-18)12-19(13-6-2-1-3-7-13)25-20(15)17(23)11-14/h1-3,6-7,10-11,16,18-19,21,24-26H,4-5,8-9,12H2/t16-,18-,19+,21-/m0/s1. The molecule has 0 radical (unpaired) electrons. The van der Waals surface area contributed by atoms with Crippen molar-refractivity contribution in [3.8, 4) is 0 Å². The highest BCUT2D eigenvalue weighted by atomic mass is 35.5. The first-order valence-corrected chi connectivity index (χ1v) is 10.1. The molecular formula is C21H24Cl2N2O. The second kappa shape index (κ2) is 7.77. The van der Waals surface area contributed by atoms with Gasteiger partial charge < -0.3 is 15.7 Å². The van der Waals surface area contributed by atoms with Crippen LogP contribution in [0.3, 0.4) is 0 Å². The molecule has 1 saturated heterocycles. The maximum atomic E-state index is 11.2. The minimum atomic E-state index is -0.461. The summed E-state index contributed by atoms with van der Waals surface area (Å²) in [5.74, 6) is -0.0109. The Kier molecular flexibility index (Phi) is 5.42. The van der Waals surface area contributed by atoms with Crippen molar-refractivity contribution in [2.45, 2.75) is 49.8 Å². The van der Waals surface area contributed by atoms with Gasteiger partial charge in [0.15, 0.2) is 0 Å². The molecule has 0 spiro atoms. The number of hydrogen-bond donors (Lipinski definition) is 3. The van der Waals surface area contributed by atoms with Gasteiger partial charge in [-0.25, -0.2) is 0 Å². The van der Waals surface area contributed by atoms with Gasteiger partial charge in [-0.15, -0.1) is 0 Å². The third-order valence-electron chi connectivity index (χ3n) is 5.67. The molecule has 0 aliphatic carbocycles. The molecule has 0 bridgehead atoms. The zero-order valence-corrected chi connectivity index (χ0v) is 16.1. The summed E-state index contributed by atoms with van der Waals surface area (Å²) in [5, 5.41) is 19.5. The van der Waals surface area contributed by atoms with Crippen LogP contribution < -0.4 is 10.6 Å². The molecule has 5 heteroatoms. The van der Waals surface area contributed by atoms with E-state index in [1.54, 1.807) is 6.07 Å². The first-order chi connectivity index (χ1) is 12.6. The van der Waals surface area contributed by atoms with Crippen LogP contribution >= 0.6 is 23.2 Å². The molecule has 2 aromatic carbocycles. The Morgan fingerprint density at radius 2 is 1.88 bits per heavy atom. The summed E-state index contributed by atoms with van der Waals surface area (Å²) < 4.78 is 0. The largest absolute Gasteiger partial charge is 0.391 e. The topological polar surface area (TPSA) is 44.3 Å². The lowest BCUT2D eigenvalue weighted by atomic mass is 9.78. The van der Waals surface area contributed by atoms with Crippen molar-refractivity contribution >= 4 is 28.9 Å². The average Bonchev–Trinajstić information content (AvgIpc) is 2.68. The van der Waals surface area contributed by atoms with Gasteiger partial charge in [-0.2, -0.15) is 0 Å². The Bertz CT molecular complexity index is 762. The summed E-state index contributed by atoms with van der Waals surface area (Å²) in [6.07, 6.45) is 3.69. The molecule has 0 amide bonds. The molecule has 2 aromatic rings. The summed E-state index contributed by atoms with van der Waals surface area (Å²) in [6, 6.07) is 14.3. The smallest absolute Gasteiger partial charge is 0.0763 e. The van der Waals surface area contributed by atoms with E-state index in [0.717, 1.165) is 37.1 Å². The molecule has 0 saturated carbocycles. The number of rotatable bonds is 3. The van der Waals surface area contributed by atoms with E-state index in [4.69, 9.17) is 23.2 Å². The minimum Gasteiger partial charge on any atom is -0.391 e. The highest BCUT2D eigenvalue weighted by molar-refractivity contribution is 6.36. The van der Waals surface area contributed by atoms with E-state index in [0.29, 0.717) is 10.0 Å². The highest BCUT2D eigenvalue weighted by Crippen LogP contribution is 2.46. The Balaban J connectivity index is 1.71. The fourth-order valence-corrected chi connectivity index (χ4v) is 4.89. The van der Waals surface area contributed by atoms with E-state index in [1.165, 1.54) is 12.0 Å². The molecule has 2 heterocycles. The summed E-state index contributed by atoms with van der Waals surface area (Å²) in [7, 11) is 0. The quantitative estimate of drug-likeness (QED) is 0.679. The van der Waals surface area contributed by atoms with Crippen molar-refractivity contribution in [3.63, 3.8) is 0 Å². The number of hydrogen-bond acceptors (Lipinski definition) is 3. The lowest BCUT2D eigenvalue weighted by molar-refractivity contribution is 0.0806. The second-order valence-corrected chi connectivity index (χ2v) is 8.19. The van der Waals surface area contributed by atoms with Crippen molar-refractivity contribution in [2.75, 3.05) is 11.9 Å². The molecule has 3 N–H and O–H groups in total.